The van der Waals surface area contributed by atoms with Crippen LogP contribution in [0.5, 0.6) is 0 Å². The highest BCUT2D eigenvalue weighted by molar-refractivity contribution is 7.91. The van der Waals surface area contributed by atoms with Crippen molar-refractivity contribution in [1.29, 1.82) is 0 Å². The molecule has 1 aliphatic heterocycles. The third-order valence-electron chi connectivity index (χ3n) is 5.80. The van der Waals surface area contributed by atoms with E-state index in [2.05, 4.69) is 0 Å². The number of piperazine rings is 1. The van der Waals surface area contributed by atoms with Crippen molar-refractivity contribution in [1.82, 2.24) is 14.2 Å². The maximum absolute atomic E-state index is 13.5. The maximum atomic E-state index is 13.5. The Balaban J connectivity index is 1.41. The smallest absolute Gasteiger partial charge is 0.254 e. The van der Waals surface area contributed by atoms with Crippen LogP contribution < -0.4 is 0 Å². The number of sulfonamides is 1. The molecule has 0 bridgehead atoms. The number of nitrogens with zero attached hydrogens (tertiary/aromatic N) is 3. The van der Waals surface area contributed by atoms with Gasteiger partial charge in [-0.3, -0.25) is 9.78 Å². The highest BCUT2D eigenvalue weighted by Crippen LogP contribution is 2.32. The number of hydrogen-bond donors (Lipinski definition) is 0. The number of pyridine rings is 1. The largest absolute Gasteiger partial charge is 0.336 e. The van der Waals surface area contributed by atoms with Gasteiger partial charge in [-0.15, -0.1) is 11.3 Å². The van der Waals surface area contributed by atoms with Crippen LogP contribution in [0, 0.1) is 0 Å². The van der Waals surface area contributed by atoms with E-state index in [4.69, 9.17) is 16.6 Å². The molecule has 9 heteroatoms. The minimum Gasteiger partial charge on any atom is -0.336 e. The van der Waals surface area contributed by atoms with Crippen LogP contribution in [0.15, 0.2) is 40.6 Å². The zero-order valence-corrected chi connectivity index (χ0v) is 18.6. The van der Waals surface area contributed by atoms with Crippen LogP contribution in [-0.2, 0) is 22.9 Å². The van der Waals surface area contributed by atoms with Crippen molar-refractivity contribution in [3.63, 3.8) is 0 Å². The van der Waals surface area contributed by atoms with Crippen LogP contribution >= 0.6 is 22.9 Å². The third kappa shape index (κ3) is 3.32. The van der Waals surface area contributed by atoms with Crippen molar-refractivity contribution in [3.05, 3.63) is 57.6 Å². The molecule has 1 saturated heterocycles. The van der Waals surface area contributed by atoms with Gasteiger partial charge >= 0.3 is 0 Å². The van der Waals surface area contributed by atoms with E-state index in [1.165, 1.54) is 10.4 Å². The molecule has 0 atom stereocenters. The Morgan fingerprint density at radius 3 is 2.53 bits per heavy atom. The van der Waals surface area contributed by atoms with Gasteiger partial charge in [0.1, 0.15) is 4.21 Å². The summed E-state index contributed by atoms with van der Waals surface area (Å²) >= 11 is 6.97. The van der Waals surface area contributed by atoms with Gasteiger partial charge in [-0.2, -0.15) is 4.31 Å². The lowest BCUT2D eigenvalue weighted by molar-refractivity contribution is 0.0699. The van der Waals surface area contributed by atoms with Gasteiger partial charge < -0.3 is 4.90 Å². The van der Waals surface area contributed by atoms with E-state index in [0.29, 0.717) is 17.4 Å². The Morgan fingerprint density at radius 2 is 1.80 bits per heavy atom. The molecular formula is C21H20ClN3O3S2. The van der Waals surface area contributed by atoms with Crippen LogP contribution in [0.3, 0.4) is 0 Å². The number of aryl methyl sites for hydroxylation is 1. The summed E-state index contributed by atoms with van der Waals surface area (Å²) in [5, 5.41) is 0.881. The zero-order chi connectivity index (χ0) is 20.9. The molecule has 2 aliphatic rings. The summed E-state index contributed by atoms with van der Waals surface area (Å²) in [5.41, 5.74) is 3.67. The predicted molar refractivity (Wildman–Crippen MR) is 118 cm³/mol. The first-order chi connectivity index (χ1) is 14.4. The van der Waals surface area contributed by atoms with Crippen molar-refractivity contribution in [3.8, 4) is 0 Å². The molecule has 0 unspecified atom stereocenters. The van der Waals surface area contributed by atoms with Crippen LogP contribution in [0.1, 0.15) is 28.0 Å². The van der Waals surface area contributed by atoms with Gasteiger partial charge in [0, 0.05) is 37.3 Å². The second-order valence-corrected chi connectivity index (χ2v) is 11.4. The Hall–Kier alpha value is -2.00. The van der Waals surface area contributed by atoms with Gasteiger partial charge in [0.25, 0.3) is 15.9 Å². The standard InChI is InChI=1S/C21H20ClN3O3S2/c22-18-8-9-19(29-18)30(27,28)25-12-10-24(11-13-25)21(26)20-14-4-1-2-6-16(14)23-17-7-3-5-15(17)20/h1-2,4,6,8-9H,3,5,7,10-13H2. The summed E-state index contributed by atoms with van der Waals surface area (Å²) in [6.45, 7) is 1.27. The molecule has 30 heavy (non-hydrogen) atoms. The van der Waals surface area contributed by atoms with Crippen molar-refractivity contribution in [2.45, 2.75) is 23.5 Å². The molecule has 3 heterocycles. The summed E-state index contributed by atoms with van der Waals surface area (Å²) in [7, 11) is -3.58. The second-order valence-electron chi connectivity index (χ2n) is 7.54. The third-order valence-corrected chi connectivity index (χ3v) is 9.40. The number of amides is 1. The van der Waals surface area contributed by atoms with Crippen molar-refractivity contribution in [2.75, 3.05) is 26.2 Å². The lowest BCUT2D eigenvalue weighted by Crippen LogP contribution is -2.50. The van der Waals surface area contributed by atoms with Crippen molar-refractivity contribution < 1.29 is 13.2 Å². The van der Waals surface area contributed by atoms with E-state index in [-0.39, 0.29) is 23.2 Å². The predicted octanol–water partition coefficient (Wildman–Crippen LogP) is 3.59. The number of aromatic nitrogens is 1. The molecule has 0 spiro atoms. The first kappa shape index (κ1) is 19.9. The van der Waals surface area contributed by atoms with Gasteiger partial charge in [0.15, 0.2) is 0 Å². The summed E-state index contributed by atoms with van der Waals surface area (Å²) in [4.78, 5) is 20.0. The average Bonchev–Trinajstić information content (AvgIpc) is 3.40. The molecule has 0 radical (unpaired) electrons. The molecular weight excluding hydrogens is 442 g/mol. The Bertz CT molecular complexity index is 1250. The lowest BCUT2D eigenvalue weighted by Gasteiger charge is -2.34. The Kier molecular flexibility index (Phi) is 5.05. The number of fused-ring (bicyclic) bond motifs is 2. The number of para-hydroxylation sites is 1. The fourth-order valence-electron chi connectivity index (χ4n) is 4.31. The van der Waals surface area contributed by atoms with Crippen molar-refractivity contribution in [2.24, 2.45) is 0 Å². The molecule has 1 aromatic carbocycles. The highest BCUT2D eigenvalue weighted by atomic mass is 35.5. The van der Waals surface area contributed by atoms with Gasteiger partial charge in [-0.1, -0.05) is 29.8 Å². The van der Waals surface area contributed by atoms with E-state index in [1.807, 2.05) is 24.3 Å². The Morgan fingerprint density at radius 1 is 1.03 bits per heavy atom. The maximum Gasteiger partial charge on any atom is 0.254 e. The Labute approximate surface area is 184 Å². The minimum absolute atomic E-state index is 0.0250. The van der Waals surface area contributed by atoms with Crippen molar-refractivity contribution >= 4 is 49.8 Å². The monoisotopic (exact) mass is 461 g/mol. The molecule has 5 rings (SSSR count). The number of carbonyl (C=O) groups is 1. The number of halogens is 1. The molecule has 0 saturated carbocycles. The fourth-order valence-corrected chi connectivity index (χ4v) is 7.37. The van der Waals surface area contributed by atoms with Crippen LogP contribution in [0.25, 0.3) is 10.9 Å². The summed E-state index contributed by atoms with van der Waals surface area (Å²) in [6, 6.07) is 10.9. The summed E-state index contributed by atoms with van der Waals surface area (Å²) in [6.07, 6.45) is 2.77. The molecule has 3 aromatic rings. The van der Waals surface area contributed by atoms with Crippen LogP contribution in [-0.4, -0.2) is 54.7 Å². The quantitative estimate of drug-likeness (QED) is 0.597. The molecule has 1 amide bonds. The summed E-state index contributed by atoms with van der Waals surface area (Å²) < 4.78 is 27.8. The van der Waals surface area contributed by atoms with E-state index in [9.17, 15) is 13.2 Å². The van der Waals surface area contributed by atoms with Gasteiger partial charge in [-0.05, 0) is 43.0 Å². The second kappa shape index (κ2) is 7.60. The average molecular weight is 462 g/mol. The molecule has 1 aliphatic carbocycles. The number of benzene rings is 1. The zero-order valence-electron chi connectivity index (χ0n) is 16.2. The fraction of sp³-hybridized carbons (Fsp3) is 0.333. The highest BCUT2D eigenvalue weighted by Gasteiger charge is 2.33. The van der Waals surface area contributed by atoms with E-state index in [0.717, 1.165) is 58.3 Å². The number of thiophene rings is 1. The van der Waals surface area contributed by atoms with Crippen LogP contribution in [0.2, 0.25) is 4.34 Å². The molecule has 156 valence electrons. The number of rotatable bonds is 3. The topological polar surface area (TPSA) is 70.6 Å². The van der Waals surface area contributed by atoms with Gasteiger partial charge in [0.2, 0.25) is 0 Å². The normalized spacial score (nSPS) is 17.4. The molecule has 2 aromatic heterocycles. The van der Waals surface area contributed by atoms with E-state index >= 15 is 0 Å². The molecule has 1 fully saturated rings. The van der Waals surface area contributed by atoms with Gasteiger partial charge in [-0.25, -0.2) is 8.42 Å². The molecule has 6 nitrogen and oxygen atoms in total. The molecule has 0 N–H and O–H groups in total. The minimum atomic E-state index is -3.58. The van der Waals surface area contributed by atoms with E-state index < -0.39 is 10.0 Å². The van der Waals surface area contributed by atoms with E-state index in [1.54, 1.807) is 11.0 Å². The lowest BCUT2D eigenvalue weighted by atomic mass is 10.00. The SMILES string of the molecule is O=C(c1c2c(nc3ccccc13)CCC2)N1CCN(S(=O)(=O)c2ccc(Cl)s2)CC1. The first-order valence-electron chi connectivity index (χ1n) is 9.90. The van der Waals surface area contributed by atoms with Gasteiger partial charge in [0.05, 0.1) is 15.4 Å². The van der Waals surface area contributed by atoms with Crippen LogP contribution in [0.4, 0.5) is 0 Å². The number of hydrogen-bond acceptors (Lipinski definition) is 5. The first-order valence-corrected chi connectivity index (χ1v) is 12.5. The summed E-state index contributed by atoms with van der Waals surface area (Å²) in [5.74, 6) is -0.0250. The number of carbonyl (C=O) groups excluding carboxylic acids is 1.